The summed E-state index contributed by atoms with van der Waals surface area (Å²) in [5.41, 5.74) is 2.94. The number of nitrogens with one attached hydrogen (secondary N) is 1. The third-order valence-corrected chi connectivity index (χ3v) is 3.18. The monoisotopic (exact) mass is 277 g/mol. The highest BCUT2D eigenvalue weighted by Gasteiger charge is 2.21. The number of anilines is 1. The van der Waals surface area contributed by atoms with Gasteiger partial charge in [0.05, 0.1) is 6.61 Å². The van der Waals surface area contributed by atoms with Crippen LogP contribution in [-0.4, -0.2) is 25.0 Å². The van der Waals surface area contributed by atoms with Gasteiger partial charge in [0.15, 0.2) is 0 Å². The first-order valence-corrected chi connectivity index (χ1v) is 6.73. The summed E-state index contributed by atoms with van der Waals surface area (Å²) in [5.74, 6) is 5.65. The molecule has 3 N–H and O–H groups in total. The van der Waals surface area contributed by atoms with Crippen molar-refractivity contribution in [3.63, 3.8) is 0 Å². The van der Waals surface area contributed by atoms with Crippen molar-refractivity contribution in [2.75, 3.05) is 18.1 Å². The molecule has 1 fully saturated rings. The molecule has 1 aromatic carbocycles. The fourth-order valence-electron chi connectivity index (χ4n) is 2.16. The van der Waals surface area contributed by atoms with Crippen molar-refractivity contribution < 1.29 is 14.3 Å². The van der Waals surface area contributed by atoms with Crippen LogP contribution < -0.4 is 20.9 Å². The van der Waals surface area contributed by atoms with Gasteiger partial charge in [-0.25, -0.2) is 5.84 Å². The van der Waals surface area contributed by atoms with Crippen molar-refractivity contribution in [1.82, 2.24) is 5.43 Å². The van der Waals surface area contributed by atoms with Gasteiger partial charge in [0.25, 0.3) is 0 Å². The summed E-state index contributed by atoms with van der Waals surface area (Å²) in [7, 11) is 0. The van der Waals surface area contributed by atoms with Crippen LogP contribution in [0.15, 0.2) is 24.3 Å². The van der Waals surface area contributed by atoms with Crippen LogP contribution in [0.3, 0.4) is 0 Å². The zero-order chi connectivity index (χ0) is 14.4. The van der Waals surface area contributed by atoms with Gasteiger partial charge in [-0.15, -0.1) is 0 Å². The average molecular weight is 277 g/mol. The Kier molecular flexibility index (Phi) is 4.95. The lowest BCUT2D eigenvalue weighted by Gasteiger charge is -2.16. The summed E-state index contributed by atoms with van der Waals surface area (Å²) in [5, 5.41) is 0. The third-order valence-electron chi connectivity index (χ3n) is 3.18. The standard InChI is InChI=1S/C14H19N3O3/c15-16-13(18)6-3-9-20-12-5-1-4-11(10-12)17-8-2-7-14(17)19/h1,4-5,10H,2-3,6-9,15H2,(H,16,18). The number of nitrogens with zero attached hydrogens (tertiary/aromatic N) is 1. The van der Waals surface area contributed by atoms with E-state index in [-0.39, 0.29) is 11.8 Å². The van der Waals surface area contributed by atoms with Gasteiger partial charge in [-0.2, -0.15) is 0 Å². The van der Waals surface area contributed by atoms with Gasteiger partial charge in [0.2, 0.25) is 11.8 Å². The number of carbonyl (C=O) groups excluding carboxylic acids is 2. The maximum atomic E-state index is 11.7. The number of hydrazine groups is 1. The number of nitrogens with two attached hydrogens (primary N) is 1. The molecule has 6 nitrogen and oxygen atoms in total. The molecule has 1 aliphatic heterocycles. The molecular weight excluding hydrogens is 258 g/mol. The van der Waals surface area contributed by atoms with Crippen molar-refractivity contribution >= 4 is 17.5 Å². The minimum absolute atomic E-state index is 0.154. The summed E-state index contributed by atoms with van der Waals surface area (Å²) in [4.78, 5) is 24.4. The second-order valence-corrected chi connectivity index (χ2v) is 4.67. The summed E-state index contributed by atoms with van der Waals surface area (Å²) in [6.45, 7) is 1.20. The Morgan fingerprint density at radius 2 is 2.30 bits per heavy atom. The number of amides is 2. The van der Waals surface area contributed by atoms with E-state index in [1.807, 2.05) is 24.3 Å². The molecule has 6 heteroatoms. The number of hydrogen-bond donors (Lipinski definition) is 2. The molecule has 0 spiro atoms. The second kappa shape index (κ2) is 6.91. The van der Waals surface area contributed by atoms with Crippen LogP contribution in [0.4, 0.5) is 5.69 Å². The van der Waals surface area contributed by atoms with E-state index in [0.29, 0.717) is 31.6 Å². The van der Waals surface area contributed by atoms with Crippen LogP contribution in [0.5, 0.6) is 5.75 Å². The topological polar surface area (TPSA) is 84.7 Å². The quantitative estimate of drug-likeness (QED) is 0.351. The summed E-state index contributed by atoms with van der Waals surface area (Å²) in [6, 6.07) is 7.46. The predicted octanol–water partition coefficient (Wildman–Crippen LogP) is 0.962. The number of benzene rings is 1. The number of carbonyl (C=O) groups is 2. The molecule has 0 atom stereocenters. The Labute approximate surface area is 117 Å². The van der Waals surface area contributed by atoms with E-state index in [4.69, 9.17) is 10.6 Å². The fraction of sp³-hybridized carbons (Fsp3) is 0.429. The van der Waals surface area contributed by atoms with Gasteiger partial charge in [-0.3, -0.25) is 15.0 Å². The highest BCUT2D eigenvalue weighted by Crippen LogP contribution is 2.25. The smallest absolute Gasteiger partial charge is 0.234 e. The predicted molar refractivity (Wildman–Crippen MR) is 75.1 cm³/mol. The van der Waals surface area contributed by atoms with Crippen molar-refractivity contribution in [3.8, 4) is 5.75 Å². The molecule has 2 rings (SSSR count). The largest absolute Gasteiger partial charge is 0.494 e. The summed E-state index contributed by atoms with van der Waals surface area (Å²) in [6.07, 6.45) is 2.44. The molecule has 0 radical (unpaired) electrons. The Balaban J connectivity index is 1.86. The van der Waals surface area contributed by atoms with Crippen LogP contribution in [0, 0.1) is 0 Å². The molecule has 1 aliphatic rings. The van der Waals surface area contributed by atoms with Crippen LogP contribution in [-0.2, 0) is 9.59 Å². The molecule has 1 saturated heterocycles. The lowest BCUT2D eigenvalue weighted by Crippen LogP contribution is -2.29. The molecule has 2 amide bonds. The van der Waals surface area contributed by atoms with Crippen molar-refractivity contribution in [1.29, 1.82) is 0 Å². The average Bonchev–Trinajstić information content (AvgIpc) is 2.90. The van der Waals surface area contributed by atoms with Gasteiger partial charge in [0, 0.05) is 31.1 Å². The molecule has 108 valence electrons. The molecule has 20 heavy (non-hydrogen) atoms. The Morgan fingerprint density at radius 3 is 3.00 bits per heavy atom. The molecular formula is C14H19N3O3. The van der Waals surface area contributed by atoms with Gasteiger partial charge in [0.1, 0.15) is 5.75 Å². The number of ether oxygens (including phenoxy) is 1. The van der Waals surface area contributed by atoms with E-state index in [2.05, 4.69) is 5.43 Å². The second-order valence-electron chi connectivity index (χ2n) is 4.67. The van der Waals surface area contributed by atoms with Gasteiger partial charge in [-0.05, 0) is 25.0 Å². The Hall–Kier alpha value is -2.08. The number of hydrogen-bond acceptors (Lipinski definition) is 4. The van der Waals surface area contributed by atoms with Crippen molar-refractivity contribution in [2.24, 2.45) is 5.84 Å². The SMILES string of the molecule is NNC(=O)CCCOc1cccc(N2CCCC2=O)c1. The van der Waals surface area contributed by atoms with E-state index in [1.54, 1.807) is 4.90 Å². The van der Waals surface area contributed by atoms with Crippen LogP contribution in [0.2, 0.25) is 0 Å². The minimum Gasteiger partial charge on any atom is -0.494 e. The molecule has 1 aromatic rings. The Bertz CT molecular complexity index is 490. The lowest BCUT2D eigenvalue weighted by atomic mass is 10.2. The highest BCUT2D eigenvalue weighted by atomic mass is 16.5. The molecule has 0 aliphatic carbocycles. The maximum Gasteiger partial charge on any atom is 0.234 e. The van der Waals surface area contributed by atoms with Crippen molar-refractivity contribution in [3.05, 3.63) is 24.3 Å². The molecule has 0 saturated carbocycles. The summed E-state index contributed by atoms with van der Waals surface area (Å²) >= 11 is 0. The number of rotatable bonds is 6. The lowest BCUT2D eigenvalue weighted by molar-refractivity contribution is -0.121. The molecule has 0 aromatic heterocycles. The molecule has 1 heterocycles. The third kappa shape index (κ3) is 3.71. The zero-order valence-corrected chi connectivity index (χ0v) is 11.3. The zero-order valence-electron chi connectivity index (χ0n) is 11.3. The van der Waals surface area contributed by atoms with Gasteiger partial charge in [-0.1, -0.05) is 6.07 Å². The fourth-order valence-corrected chi connectivity index (χ4v) is 2.16. The van der Waals surface area contributed by atoms with Crippen LogP contribution in [0.1, 0.15) is 25.7 Å². The first kappa shape index (κ1) is 14.3. The minimum atomic E-state index is -0.204. The first-order valence-electron chi connectivity index (χ1n) is 6.73. The van der Waals surface area contributed by atoms with E-state index in [9.17, 15) is 9.59 Å². The normalized spacial score (nSPS) is 14.4. The molecule has 0 bridgehead atoms. The van der Waals surface area contributed by atoms with Gasteiger partial charge < -0.3 is 9.64 Å². The van der Waals surface area contributed by atoms with Crippen molar-refractivity contribution in [2.45, 2.75) is 25.7 Å². The first-order chi connectivity index (χ1) is 9.70. The highest BCUT2D eigenvalue weighted by molar-refractivity contribution is 5.95. The molecule has 0 unspecified atom stereocenters. The van der Waals surface area contributed by atoms with Crippen LogP contribution >= 0.6 is 0 Å². The van der Waals surface area contributed by atoms with E-state index < -0.39 is 0 Å². The van der Waals surface area contributed by atoms with E-state index >= 15 is 0 Å². The van der Waals surface area contributed by atoms with E-state index in [1.165, 1.54) is 0 Å². The van der Waals surface area contributed by atoms with Crippen LogP contribution in [0.25, 0.3) is 0 Å². The van der Waals surface area contributed by atoms with E-state index in [0.717, 1.165) is 18.7 Å². The maximum absolute atomic E-state index is 11.7. The Morgan fingerprint density at radius 1 is 1.45 bits per heavy atom. The van der Waals surface area contributed by atoms with Gasteiger partial charge >= 0.3 is 0 Å². The summed E-state index contributed by atoms with van der Waals surface area (Å²) < 4.78 is 5.58.